The number of rotatable bonds is 10. The molecule has 0 aliphatic carbocycles. The van der Waals surface area contributed by atoms with Gasteiger partial charge in [-0.3, -0.25) is 4.79 Å². The Hall–Kier alpha value is -1.55. The summed E-state index contributed by atoms with van der Waals surface area (Å²) in [4.78, 5) is 12.3. The molecule has 2 aromatic rings. The molecule has 0 aliphatic rings. The van der Waals surface area contributed by atoms with Crippen LogP contribution in [0.4, 0.5) is 5.69 Å². The van der Waals surface area contributed by atoms with Crippen LogP contribution in [0.25, 0.3) is 0 Å². The second-order valence-electron chi connectivity index (χ2n) is 5.45. The zero-order valence-electron chi connectivity index (χ0n) is 15.6. The fourth-order valence-electron chi connectivity index (χ4n) is 2.44. The van der Waals surface area contributed by atoms with Crippen LogP contribution in [-0.4, -0.2) is 44.1 Å². The summed E-state index contributed by atoms with van der Waals surface area (Å²) in [5, 5.41) is 4.72. The molecule has 1 amide bonds. The topological polar surface area (TPSA) is 75.7 Å². The molecule has 0 radical (unpaired) electrons. The van der Waals surface area contributed by atoms with Gasteiger partial charge in [-0.1, -0.05) is 19.9 Å². The first-order chi connectivity index (χ1) is 12.9. The highest BCUT2D eigenvalue weighted by Gasteiger charge is 2.26. The molecule has 1 aromatic carbocycles. The average molecular weight is 429 g/mol. The van der Waals surface area contributed by atoms with Crippen LogP contribution >= 0.6 is 23.1 Å². The van der Waals surface area contributed by atoms with Gasteiger partial charge in [0.05, 0.1) is 16.6 Å². The molecule has 0 atom stereocenters. The summed E-state index contributed by atoms with van der Waals surface area (Å²) >= 11 is 3.02. The van der Waals surface area contributed by atoms with E-state index in [0.29, 0.717) is 25.4 Å². The molecule has 0 aliphatic heterocycles. The number of hydrogen-bond acceptors (Lipinski definition) is 6. The van der Waals surface area contributed by atoms with E-state index >= 15 is 0 Å². The predicted molar refractivity (Wildman–Crippen MR) is 111 cm³/mol. The summed E-state index contributed by atoms with van der Waals surface area (Å²) in [6.07, 6.45) is 0. The number of nitrogens with zero attached hydrogens (tertiary/aromatic N) is 1. The third-order valence-corrected chi connectivity index (χ3v) is 7.89. The number of benzene rings is 1. The molecule has 148 valence electrons. The van der Waals surface area contributed by atoms with Crippen molar-refractivity contribution in [1.82, 2.24) is 4.31 Å². The number of amides is 1. The Morgan fingerprint density at radius 1 is 1.22 bits per heavy atom. The number of carbonyl (C=O) groups excluding carboxylic acids is 1. The van der Waals surface area contributed by atoms with Crippen molar-refractivity contribution < 1.29 is 17.9 Å². The molecule has 0 saturated carbocycles. The van der Waals surface area contributed by atoms with E-state index in [0.717, 1.165) is 4.21 Å². The number of hydrogen-bond donors (Lipinski definition) is 1. The highest BCUT2D eigenvalue weighted by molar-refractivity contribution is 8.01. The minimum absolute atomic E-state index is 0.0664. The highest BCUT2D eigenvalue weighted by Crippen LogP contribution is 2.30. The third-order valence-electron chi connectivity index (χ3n) is 3.69. The fraction of sp³-hybridized carbons (Fsp3) is 0.389. The molecule has 2 rings (SSSR count). The highest BCUT2D eigenvalue weighted by atomic mass is 32.2. The number of sulfonamides is 1. The lowest BCUT2D eigenvalue weighted by Gasteiger charge is -2.21. The SMILES string of the molecule is CCOc1ccc(NC(=O)CSc2cccs2)cc1S(=O)(=O)N(CC)CC. The first-order valence-corrected chi connectivity index (χ1v) is 12.0. The van der Waals surface area contributed by atoms with Crippen LogP contribution in [-0.2, 0) is 14.8 Å². The van der Waals surface area contributed by atoms with Gasteiger partial charge in [0.1, 0.15) is 10.6 Å². The molecule has 0 unspecified atom stereocenters. The van der Waals surface area contributed by atoms with Gasteiger partial charge in [-0.05, 0) is 36.6 Å². The van der Waals surface area contributed by atoms with E-state index in [1.54, 1.807) is 44.2 Å². The van der Waals surface area contributed by atoms with Gasteiger partial charge in [-0.15, -0.1) is 23.1 Å². The van der Waals surface area contributed by atoms with Gasteiger partial charge in [0.15, 0.2) is 0 Å². The molecule has 0 fully saturated rings. The van der Waals surface area contributed by atoms with Crippen molar-refractivity contribution in [3.63, 3.8) is 0 Å². The lowest BCUT2D eigenvalue weighted by molar-refractivity contribution is -0.113. The van der Waals surface area contributed by atoms with Crippen molar-refractivity contribution in [2.75, 3.05) is 30.8 Å². The maximum atomic E-state index is 12.9. The van der Waals surface area contributed by atoms with Crippen LogP contribution in [0.2, 0.25) is 0 Å². The van der Waals surface area contributed by atoms with E-state index in [9.17, 15) is 13.2 Å². The molecule has 0 spiro atoms. The van der Waals surface area contributed by atoms with Gasteiger partial charge in [0.2, 0.25) is 15.9 Å². The van der Waals surface area contributed by atoms with Gasteiger partial charge in [-0.2, -0.15) is 4.31 Å². The monoisotopic (exact) mass is 428 g/mol. The lowest BCUT2D eigenvalue weighted by atomic mass is 10.3. The van der Waals surface area contributed by atoms with E-state index in [4.69, 9.17) is 4.74 Å². The second-order valence-corrected chi connectivity index (χ2v) is 9.58. The van der Waals surface area contributed by atoms with E-state index in [2.05, 4.69) is 5.32 Å². The molecule has 1 heterocycles. The number of anilines is 1. The van der Waals surface area contributed by atoms with Crippen molar-refractivity contribution in [2.45, 2.75) is 29.9 Å². The van der Waals surface area contributed by atoms with Crippen molar-refractivity contribution in [3.05, 3.63) is 35.7 Å². The number of thioether (sulfide) groups is 1. The van der Waals surface area contributed by atoms with Crippen LogP contribution in [0, 0.1) is 0 Å². The standard InChI is InChI=1S/C18H24N2O4S3/c1-4-20(5-2)27(22,23)16-12-14(9-10-15(16)24-6-3)19-17(21)13-26-18-8-7-11-25-18/h7-12H,4-6,13H2,1-3H3,(H,19,21). The molecule has 1 aromatic heterocycles. The molecular formula is C18H24N2O4S3. The zero-order chi connectivity index (χ0) is 19.9. The predicted octanol–water partition coefficient (Wildman–Crippen LogP) is 3.91. The van der Waals surface area contributed by atoms with E-state index in [1.165, 1.54) is 22.1 Å². The minimum atomic E-state index is -3.71. The first kappa shape index (κ1) is 21.7. The number of thiophene rings is 1. The van der Waals surface area contributed by atoms with Gasteiger partial charge in [-0.25, -0.2) is 8.42 Å². The maximum Gasteiger partial charge on any atom is 0.246 e. The molecule has 0 bridgehead atoms. The summed E-state index contributed by atoms with van der Waals surface area (Å²) in [7, 11) is -3.71. The molecule has 1 N–H and O–H groups in total. The Kier molecular flexibility index (Phi) is 8.15. The Balaban J connectivity index is 2.22. The average Bonchev–Trinajstić information content (AvgIpc) is 3.16. The van der Waals surface area contributed by atoms with Gasteiger partial charge >= 0.3 is 0 Å². The van der Waals surface area contributed by atoms with Crippen molar-refractivity contribution >= 4 is 44.7 Å². The van der Waals surface area contributed by atoms with Crippen LogP contribution in [0.1, 0.15) is 20.8 Å². The minimum Gasteiger partial charge on any atom is -0.492 e. The van der Waals surface area contributed by atoms with Crippen molar-refractivity contribution in [1.29, 1.82) is 0 Å². The van der Waals surface area contributed by atoms with Crippen LogP contribution < -0.4 is 10.1 Å². The quantitative estimate of drug-likeness (QED) is 0.581. The third kappa shape index (κ3) is 5.71. The summed E-state index contributed by atoms with van der Waals surface area (Å²) in [5.74, 6) is 0.352. The number of nitrogens with one attached hydrogen (secondary N) is 1. The van der Waals surface area contributed by atoms with Gasteiger partial charge in [0.25, 0.3) is 0 Å². The van der Waals surface area contributed by atoms with Gasteiger partial charge < -0.3 is 10.1 Å². The second kappa shape index (κ2) is 10.1. The van der Waals surface area contributed by atoms with E-state index in [-0.39, 0.29) is 22.3 Å². The largest absolute Gasteiger partial charge is 0.492 e. The van der Waals surface area contributed by atoms with Crippen LogP contribution in [0.5, 0.6) is 5.75 Å². The van der Waals surface area contributed by atoms with E-state index in [1.807, 2.05) is 17.5 Å². The Morgan fingerprint density at radius 3 is 2.56 bits per heavy atom. The smallest absolute Gasteiger partial charge is 0.246 e. The summed E-state index contributed by atoms with van der Waals surface area (Å²) in [6.45, 7) is 6.44. The lowest BCUT2D eigenvalue weighted by Crippen LogP contribution is -2.31. The summed E-state index contributed by atoms with van der Waals surface area (Å²) in [6, 6.07) is 8.59. The zero-order valence-corrected chi connectivity index (χ0v) is 18.0. The Bertz CT molecular complexity index is 847. The van der Waals surface area contributed by atoms with Crippen LogP contribution in [0.3, 0.4) is 0 Å². The van der Waals surface area contributed by atoms with Crippen molar-refractivity contribution in [2.24, 2.45) is 0 Å². The molecule has 0 saturated heterocycles. The summed E-state index contributed by atoms with van der Waals surface area (Å²) < 4.78 is 33.8. The van der Waals surface area contributed by atoms with Gasteiger partial charge in [0, 0.05) is 18.8 Å². The molecule has 6 nitrogen and oxygen atoms in total. The summed E-state index contributed by atoms with van der Waals surface area (Å²) in [5.41, 5.74) is 0.431. The normalized spacial score (nSPS) is 11.6. The number of ether oxygens (including phenoxy) is 1. The Labute approximate surface area is 169 Å². The molecule has 9 heteroatoms. The fourth-order valence-corrected chi connectivity index (χ4v) is 5.64. The first-order valence-electron chi connectivity index (χ1n) is 8.65. The number of carbonyl (C=O) groups is 1. The Morgan fingerprint density at radius 2 is 1.96 bits per heavy atom. The van der Waals surface area contributed by atoms with Crippen molar-refractivity contribution in [3.8, 4) is 5.75 Å². The molecular weight excluding hydrogens is 404 g/mol. The van der Waals surface area contributed by atoms with Crippen LogP contribution in [0.15, 0.2) is 44.8 Å². The molecule has 27 heavy (non-hydrogen) atoms. The van der Waals surface area contributed by atoms with E-state index < -0.39 is 10.0 Å². The maximum absolute atomic E-state index is 12.9.